The molecule has 1 saturated heterocycles. The maximum absolute atomic E-state index is 13.0. The molecule has 7 nitrogen and oxygen atoms in total. The van der Waals surface area contributed by atoms with E-state index in [1.807, 2.05) is 43.3 Å². The molecule has 8 heteroatoms. The van der Waals surface area contributed by atoms with Crippen LogP contribution in [0.1, 0.15) is 12.5 Å². The molecule has 29 heavy (non-hydrogen) atoms. The van der Waals surface area contributed by atoms with Crippen LogP contribution in [0.25, 0.3) is 10.9 Å². The van der Waals surface area contributed by atoms with Crippen molar-refractivity contribution in [2.24, 2.45) is 0 Å². The molecular weight excluding hydrogens is 386 g/mol. The van der Waals surface area contributed by atoms with Gasteiger partial charge in [0.15, 0.2) is 0 Å². The van der Waals surface area contributed by atoms with E-state index in [1.165, 1.54) is 28.6 Å². The predicted octanol–water partition coefficient (Wildman–Crippen LogP) is 2.59. The Balaban J connectivity index is 1.55. The number of hydrogen-bond donors (Lipinski definition) is 1. The van der Waals surface area contributed by atoms with Crippen molar-refractivity contribution in [2.45, 2.75) is 17.9 Å². The molecule has 1 aromatic heterocycles. The van der Waals surface area contributed by atoms with Crippen molar-refractivity contribution >= 4 is 32.4 Å². The van der Waals surface area contributed by atoms with E-state index in [4.69, 9.17) is 16.0 Å². The van der Waals surface area contributed by atoms with Crippen molar-refractivity contribution < 1.29 is 8.42 Å². The van der Waals surface area contributed by atoms with Crippen LogP contribution in [-0.2, 0) is 10.0 Å². The third-order valence-corrected chi connectivity index (χ3v) is 7.26. The van der Waals surface area contributed by atoms with Crippen molar-refractivity contribution in [2.75, 3.05) is 30.3 Å². The fourth-order valence-corrected chi connectivity index (χ4v) is 5.30. The molecule has 0 saturated carbocycles. The van der Waals surface area contributed by atoms with Crippen molar-refractivity contribution in [1.29, 1.82) is 5.26 Å². The van der Waals surface area contributed by atoms with Crippen LogP contribution in [0.3, 0.4) is 0 Å². The van der Waals surface area contributed by atoms with Gasteiger partial charge in [-0.25, -0.2) is 13.4 Å². The molecule has 2 heterocycles. The molecule has 0 bridgehead atoms. The number of rotatable bonds is 3. The Labute approximate surface area is 170 Å². The molecule has 2 N–H and O–H groups in total. The van der Waals surface area contributed by atoms with E-state index < -0.39 is 10.0 Å². The highest BCUT2D eigenvalue weighted by Gasteiger charge is 2.34. The van der Waals surface area contributed by atoms with E-state index >= 15 is 0 Å². The summed E-state index contributed by atoms with van der Waals surface area (Å²) in [6.07, 6.45) is 0. The van der Waals surface area contributed by atoms with Gasteiger partial charge in [-0.3, -0.25) is 0 Å². The fourth-order valence-electron chi connectivity index (χ4n) is 3.69. The Hall–Kier alpha value is -3.15. The second kappa shape index (κ2) is 7.35. The number of benzene rings is 2. The van der Waals surface area contributed by atoms with E-state index in [9.17, 15) is 8.42 Å². The quantitative estimate of drug-likeness (QED) is 0.670. The molecule has 0 amide bonds. The van der Waals surface area contributed by atoms with E-state index in [2.05, 4.69) is 4.90 Å². The van der Waals surface area contributed by atoms with Crippen molar-refractivity contribution in [1.82, 2.24) is 9.29 Å². The summed E-state index contributed by atoms with van der Waals surface area (Å²) in [4.78, 5) is 7.01. The summed E-state index contributed by atoms with van der Waals surface area (Å²) < 4.78 is 27.6. The second-order valence-corrected chi connectivity index (χ2v) is 9.02. The SMILES string of the molecule is C[C@H]1CN(c2ccc3c(N)cccc3n2)CCN1S(=O)(=O)c1ccc(C#N)cc1. The Morgan fingerprint density at radius 2 is 1.86 bits per heavy atom. The summed E-state index contributed by atoms with van der Waals surface area (Å²) in [5, 5.41) is 9.82. The lowest BCUT2D eigenvalue weighted by molar-refractivity contribution is 0.306. The zero-order valence-corrected chi connectivity index (χ0v) is 16.8. The van der Waals surface area contributed by atoms with Crippen LogP contribution in [0.4, 0.5) is 11.5 Å². The molecule has 4 rings (SSSR count). The van der Waals surface area contributed by atoms with Gasteiger partial charge in [0.1, 0.15) is 5.82 Å². The standard InChI is InChI=1S/C21H21N5O2S/c1-15-14-25(21-10-9-18-19(23)3-2-4-20(18)24-21)11-12-26(15)29(27,28)17-7-5-16(13-22)6-8-17/h2-10,15H,11-12,14,23H2,1H3/t15-/m0/s1. The molecule has 3 aromatic rings. The van der Waals surface area contributed by atoms with Gasteiger partial charge in [-0.1, -0.05) is 6.07 Å². The van der Waals surface area contributed by atoms with Gasteiger partial charge in [-0.15, -0.1) is 0 Å². The first kappa shape index (κ1) is 19.2. The number of nitriles is 1. The number of fused-ring (bicyclic) bond motifs is 1. The Bertz CT molecular complexity index is 1200. The summed E-state index contributed by atoms with van der Waals surface area (Å²) in [5.41, 5.74) is 7.95. The molecule has 1 fully saturated rings. The van der Waals surface area contributed by atoms with Crippen LogP contribution in [0, 0.1) is 11.3 Å². The summed E-state index contributed by atoms with van der Waals surface area (Å²) >= 11 is 0. The number of nitrogen functional groups attached to an aromatic ring is 1. The largest absolute Gasteiger partial charge is 0.398 e. The first-order valence-electron chi connectivity index (χ1n) is 9.32. The van der Waals surface area contributed by atoms with Crippen LogP contribution < -0.4 is 10.6 Å². The zero-order valence-electron chi connectivity index (χ0n) is 16.0. The van der Waals surface area contributed by atoms with Crippen LogP contribution >= 0.6 is 0 Å². The number of piperazine rings is 1. The molecule has 0 spiro atoms. The molecule has 0 unspecified atom stereocenters. The lowest BCUT2D eigenvalue weighted by Gasteiger charge is -2.39. The number of aromatic nitrogens is 1. The Morgan fingerprint density at radius 3 is 2.55 bits per heavy atom. The number of pyridine rings is 1. The Kier molecular flexibility index (Phi) is 4.86. The van der Waals surface area contributed by atoms with E-state index in [0.717, 1.165) is 16.7 Å². The van der Waals surface area contributed by atoms with Gasteiger partial charge in [-0.05, 0) is 55.5 Å². The smallest absolute Gasteiger partial charge is 0.243 e. The van der Waals surface area contributed by atoms with Crippen LogP contribution in [0.2, 0.25) is 0 Å². The minimum atomic E-state index is -3.62. The van der Waals surface area contributed by atoms with E-state index in [1.54, 1.807) is 0 Å². The minimum absolute atomic E-state index is 0.205. The molecule has 0 radical (unpaired) electrons. The number of anilines is 2. The number of nitrogens with two attached hydrogens (primary N) is 1. The molecule has 1 atom stereocenters. The predicted molar refractivity (Wildman–Crippen MR) is 113 cm³/mol. The Morgan fingerprint density at radius 1 is 1.10 bits per heavy atom. The van der Waals surface area contributed by atoms with E-state index in [-0.39, 0.29) is 10.9 Å². The fraction of sp³-hybridized carbons (Fsp3) is 0.238. The van der Waals surface area contributed by atoms with Gasteiger partial charge in [0.25, 0.3) is 0 Å². The molecular formula is C21H21N5O2S. The van der Waals surface area contributed by atoms with Gasteiger partial charge in [-0.2, -0.15) is 9.57 Å². The number of hydrogen-bond acceptors (Lipinski definition) is 6. The first-order valence-corrected chi connectivity index (χ1v) is 10.8. The second-order valence-electron chi connectivity index (χ2n) is 7.13. The van der Waals surface area contributed by atoms with Gasteiger partial charge in [0, 0.05) is 36.7 Å². The lowest BCUT2D eigenvalue weighted by atomic mass is 10.1. The maximum atomic E-state index is 13.0. The lowest BCUT2D eigenvalue weighted by Crippen LogP contribution is -2.54. The summed E-state index contributed by atoms with van der Waals surface area (Å²) in [5.74, 6) is 0.811. The van der Waals surface area contributed by atoms with Crippen LogP contribution in [-0.4, -0.2) is 43.4 Å². The molecule has 148 valence electrons. The zero-order chi connectivity index (χ0) is 20.6. The van der Waals surface area contributed by atoms with Gasteiger partial charge < -0.3 is 10.6 Å². The first-order chi connectivity index (χ1) is 13.9. The normalized spacial score (nSPS) is 17.9. The highest BCUT2D eigenvalue weighted by Crippen LogP contribution is 2.26. The van der Waals surface area contributed by atoms with E-state index in [0.29, 0.717) is 30.9 Å². The summed E-state index contributed by atoms with van der Waals surface area (Å²) in [6, 6.07) is 17.3. The van der Waals surface area contributed by atoms with Crippen molar-refractivity contribution in [3.05, 3.63) is 60.2 Å². The number of nitrogens with zero attached hydrogens (tertiary/aromatic N) is 4. The monoisotopic (exact) mass is 407 g/mol. The molecule has 0 aliphatic carbocycles. The summed E-state index contributed by atoms with van der Waals surface area (Å²) in [7, 11) is -3.62. The maximum Gasteiger partial charge on any atom is 0.243 e. The highest BCUT2D eigenvalue weighted by molar-refractivity contribution is 7.89. The number of sulfonamides is 1. The van der Waals surface area contributed by atoms with Crippen LogP contribution in [0.15, 0.2) is 59.5 Å². The average molecular weight is 407 g/mol. The van der Waals surface area contributed by atoms with Crippen molar-refractivity contribution in [3.63, 3.8) is 0 Å². The van der Waals surface area contributed by atoms with Crippen molar-refractivity contribution in [3.8, 4) is 6.07 Å². The van der Waals surface area contributed by atoms with Gasteiger partial charge in [0.05, 0.1) is 22.0 Å². The van der Waals surface area contributed by atoms with Crippen LogP contribution in [0.5, 0.6) is 0 Å². The third kappa shape index (κ3) is 3.50. The van der Waals surface area contributed by atoms with Gasteiger partial charge >= 0.3 is 0 Å². The van der Waals surface area contributed by atoms with Gasteiger partial charge in [0.2, 0.25) is 10.0 Å². The molecule has 1 aliphatic rings. The highest BCUT2D eigenvalue weighted by atomic mass is 32.2. The third-order valence-electron chi connectivity index (χ3n) is 5.23. The topological polar surface area (TPSA) is 103 Å². The minimum Gasteiger partial charge on any atom is -0.398 e. The average Bonchev–Trinajstić information content (AvgIpc) is 2.73. The molecule has 1 aliphatic heterocycles. The molecule has 2 aromatic carbocycles. The summed E-state index contributed by atoms with van der Waals surface area (Å²) in [6.45, 7) is 3.34.